The van der Waals surface area contributed by atoms with Crippen molar-refractivity contribution in [1.82, 2.24) is 9.55 Å². The highest BCUT2D eigenvalue weighted by Crippen LogP contribution is 2.31. The molecule has 0 radical (unpaired) electrons. The molecule has 5 nitrogen and oxygen atoms in total. The number of aromatic hydroxyl groups is 1. The Morgan fingerprint density at radius 2 is 2.00 bits per heavy atom. The van der Waals surface area contributed by atoms with Crippen molar-refractivity contribution in [3.63, 3.8) is 0 Å². The maximum absolute atomic E-state index is 12.0. The molecule has 1 saturated carbocycles. The molecule has 1 aromatic rings. The standard InChI is InChI=1S/C14H22N2O3/c1-3-11-12(17)15-14(19)16(13(11)18)10-6-4-5-9(2)7-8-10/h9-10,18H,3-8H2,1-2H3,(H,15,17,19). The lowest BCUT2D eigenvalue weighted by Gasteiger charge is -2.19. The highest BCUT2D eigenvalue weighted by Gasteiger charge is 2.23. The van der Waals surface area contributed by atoms with Gasteiger partial charge in [-0.25, -0.2) is 4.79 Å². The summed E-state index contributed by atoms with van der Waals surface area (Å²) in [5, 5.41) is 10.2. The van der Waals surface area contributed by atoms with E-state index in [0.29, 0.717) is 17.9 Å². The van der Waals surface area contributed by atoms with E-state index in [1.165, 1.54) is 4.57 Å². The van der Waals surface area contributed by atoms with Crippen molar-refractivity contribution in [1.29, 1.82) is 0 Å². The molecule has 106 valence electrons. The fourth-order valence-electron chi connectivity index (χ4n) is 2.96. The number of aromatic nitrogens is 2. The quantitative estimate of drug-likeness (QED) is 0.803. The van der Waals surface area contributed by atoms with E-state index in [1.807, 2.05) is 0 Å². The topological polar surface area (TPSA) is 75.1 Å². The molecule has 1 aliphatic rings. The number of H-pyrrole nitrogens is 1. The highest BCUT2D eigenvalue weighted by molar-refractivity contribution is 5.23. The van der Waals surface area contributed by atoms with Gasteiger partial charge in [-0.3, -0.25) is 14.3 Å². The van der Waals surface area contributed by atoms with Crippen molar-refractivity contribution < 1.29 is 5.11 Å². The summed E-state index contributed by atoms with van der Waals surface area (Å²) >= 11 is 0. The monoisotopic (exact) mass is 266 g/mol. The molecule has 5 heteroatoms. The first-order valence-corrected chi connectivity index (χ1v) is 7.11. The van der Waals surface area contributed by atoms with Gasteiger partial charge < -0.3 is 5.11 Å². The van der Waals surface area contributed by atoms with Crippen LogP contribution < -0.4 is 11.2 Å². The minimum Gasteiger partial charge on any atom is -0.494 e. The number of aromatic amines is 1. The number of nitrogens with one attached hydrogen (secondary N) is 1. The highest BCUT2D eigenvalue weighted by atomic mass is 16.3. The second-order valence-electron chi connectivity index (χ2n) is 5.55. The summed E-state index contributed by atoms with van der Waals surface area (Å²) in [4.78, 5) is 25.9. The summed E-state index contributed by atoms with van der Waals surface area (Å²) in [6.45, 7) is 4.02. The normalized spacial score (nSPS) is 24.1. The minimum atomic E-state index is -0.487. The van der Waals surface area contributed by atoms with Gasteiger partial charge in [0.15, 0.2) is 0 Å². The zero-order chi connectivity index (χ0) is 14.0. The molecule has 0 spiro atoms. The van der Waals surface area contributed by atoms with Crippen LogP contribution in [-0.4, -0.2) is 14.7 Å². The fraction of sp³-hybridized carbons (Fsp3) is 0.714. The predicted octanol–water partition coefficient (Wildman–Crippen LogP) is 1.95. The third-order valence-corrected chi connectivity index (χ3v) is 4.16. The molecule has 0 amide bonds. The van der Waals surface area contributed by atoms with Gasteiger partial charge in [0.1, 0.15) is 0 Å². The lowest BCUT2D eigenvalue weighted by atomic mass is 10.0. The predicted molar refractivity (Wildman–Crippen MR) is 73.7 cm³/mol. The van der Waals surface area contributed by atoms with Crippen molar-refractivity contribution in [2.24, 2.45) is 5.92 Å². The van der Waals surface area contributed by atoms with Gasteiger partial charge in [0.05, 0.1) is 5.56 Å². The zero-order valence-electron chi connectivity index (χ0n) is 11.6. The molecule has 0 aliphatic heterocycles. The number of hydrogen-bond acceptors (Lipinski definition) is 3. The van der Waals surface area contributed by atoms with Crippen LogP contribution in [0.1, 0.15) is 57.6 Å². The van der Waals surface area contributed by atoms with Crippen LogP contribution in [0.15, 0.2) is 9.59 Å². The molecule has 2 atom stereocenters. The number of rotatable bonds is 2. The summed E-state index contributed by atoms with van der Waals surface area (Å²) < 4.78 is 1.39. The molecule has 1 aliphatic carbocycles. The molecule has 0 aromatic carbocycles. The summed E-state index contributed by atoms with van der Waals surface area (Å²) in [5.41, 5.74) is -0.653. The van der Waals surface area contributed by atoms with Crippen molar-refractivity contribution in [3.05, 3.63) is 26.4 Å². The van der Waals surface area contributed by atoms with Gasteiger partial charge in [-0.2, -0.15) is 0 Å². The smallest absolute Gasteiger partial charge is 0.331 e. The van der Waals surface area contributed by atoms with E-state index >= 15 is 0 Å². The van der Waals surface area contributed by atoms with Crippen molar-refractivity contribution in [2.75, 3.05) is 0 Å². The third kappa shape index (κ3) is 2.74. The molecular weight excluding hydrogens is 244 g/mol. The van der Waals surface area contributed by atoms with E-state index in [0.717, 1.165) is 32.1 Å². The average molecular weight is 266 g/mol. The second kappa shape index (κ2) is 5.63. The molecule has 19 heavy (non-hydrogen) atoms. The first-order valence-electron chi connectivity index (χ1n) is 7.11. The van der Waals surface area contributed by atoms with Crippen LogP contribution in [0.5, 0.6) is 5.88 Å². The van der Waals surface area contributed by atoms with E-state index in [9.17, 15) is 14.7 Å². The van der Waals surface area contributed by atoms with E-state index in [4.69, 9.17) is 0 Å². The Hall–Kier alpha value is -1.52. The Labute approximate surface area is 112 Å². The molecule has 0 saturated heterocycles. The largest absolute Gasteiger partial charge is 0.494 e. The maximum Gasteiger partial charge on any atom is 0.331 e. The molecule has 2 unspecified atom stereocenters. The van der Waals surface area contributed by atoms with Crippen molar-refractivity contribution in [2.45, 2.75) is 58.4 Å². The zero-order valence-corrected chi connectivity index (χ0v) is 11.6. The Balaban J connectivity index is 2.44. The Bertz CT molecular complexity index is 559. The lowest BCUT2D eigenvalue weighted by Crippen LogP contribution is -2.34. The van der Waals surface area contributed by atoms with Crippen LogP contribution in [0.25, 0.3) is 0 Å². The van der Waals surface area contributed by atoms with Crippen LogP contribution in [-0.2, 0) is 6.42 Å². The van der Waals surface area contributed by atoms with E-state index in [-0.39, 0.29) is 11.9 Å². The number of nitrogens with zero attached hydrogens (tertiary/aromatic N) is 1. The molecular formula is C14H22N2O3. The van der Waals surface area contributed by atoms with Crippen molar-refractivity contribution in [3.8, 4) is 5.88 Å². The van der Waals surface area contributed by atoms with Gasteiger partial charge in [0.25, 0.3) is 5.56 Å². The first kappa shape index (κ1) is 13.9. The van der Waals surface area contributed by atoms with Gasteiger partial charge in [-0.05, 0) is 31.6 Å². The Morgan fingerprint density at radius 3 is 2.68 bits per heavy atom. The molecule has 2 rings (SSSR count). The summed E-state index contributed by atoms with van der Waals surface area (Å²) in [7, 11) is 0. The second-order valence-corrected chi connectivity index (χ2v) is 5.55. The van der Waals surface area contributed by atoms with Gasteiger partial charge in [0.2, 0.25) is 5.88 Å². The van der Waals surface area contributed by atoms with Crippen LogP contribution in [0.4, 0.5) is 0 Å². The summed E-state index contributed by atoms with van der Waals surface area (Å²) in [5.74, 6) is 0.520. The van der Waals surface area contributed by atoms with Crippen molar-refractivity contribution >= 4 is 0 Å². The SMILES string of the molecule is CCc1c(O)n(C2CCCC(C)CC2)c(=O)[nH]c1=O. The minimum absolute atomic E-state index is 0.000370. The van der Waals surface area contributed by atoms with Gasteiger partial charge >= 0.3 is 5.69 Å². The van der Waals surface area contributed by atoms with Gasteiger partial charge in [0, 0.05) is 6.04 Å². The molecule has 1 fully saturated rings. The van der Waals surface area contributed by atoms with E-state index in [1.54, 1.807) is 6.92 Å². The van der Waals surface area contributed by atoms with Gasteiger partial charge in [-0.1, -0.05) is 26.7 Å². The van der Waals surface area contributed by atoms with Crippen LogP contribution in [0.2, 0.25) is 0 Å². The first-order chi connectivity index (χ1) is 9.04. The summed E-state index contributed by atoms with van der Waals surface area (Å²) in [6, 6.07) is -0.000370. The van der Waals surface area contributed by atoms with Gasteiger partial charge in [-0.15, -0.1) is 0 Å². The van der Waals surface area contributed by atoms with Crippen LogP contribution in [0.3, 0.4) is 0 Å². The average Bonchev–Trinajstić information content (AvgIpc) is 2.55. The molecule has 2 N–H and O–H groups in total. The Morgan fingerprint density at radius 1 is 1.26 bits per heavy atom. The lowest BCUT2D eigenvalue weighted by molar-refractivity contribution is 0.333. The maximum atomic E-state index is 12.0. The summed E-state index contributed by atoms with van der Waals surface area (Å²) in [6.07, 6.45) is 5.45. The molecule has 1 heterocycles. The van der Waals surface area contributed by atoms with E-state index < -0.39 is 11.2 Å². The van der Waals surface area contributed by atoms with E-state index in [2.05, 4.69) is 11.9 Å². The molecule has 1 aromatic heterocycles. The van der Waals surface area contributed by atoms with Crippen LogP contribution >= 0.6 is 0 Å². The number of hydrogen-bond donors (Lipinski definition) is 2. The molecule has 0 bridgehead atoms. The van der Waals surface area contributed by atoms with Crippen LogP contribution in [0, 0.1) is 5.92 Å². The Kier molecular flexibility index (Phi) is 4.12. The fourth-order valence-corrected chi connectivity index (χ4v) is 2.96. The third-order valence-electron chi connectivity index (χ3n) is 4.16.